The first-order valence-corrected chi connectivity index (χ1v) is 15.7. The number of rotatable bonds is 17. The molecule has 0 bridgehead atoms. The van der Waals surface area contributed by atoms with Gasteiger partial charge in [0.25, 0.3) is 0 Å². The summed E-state index contributed by atoms with van der Waals surface area (Å²) >= 11 is 0. The predicted molar refractivity (Wildman–Crippen MR) is 162 cm³/mol. The lowest BCUT2D eigenvalue weighted by Gasteiger charge is -2.21. The van der Waals surface area contributed by atoms with Crippen molar-refractivity contribution >= 4 is 57.5 Å². The van der Waals surface area contributed by atoms with E-state index in [0.717, 1.165) is 21.6 Å². The summed E-state index contributed by atoms with van der Waals surface area (Å²) in [5.74, 6) is -4.28. The van der Waals surface area contributed by atoms with Crippen molar-refractivity contribution in [2.75, 3.05) is 11.5 Å². The Morgan fingerprint density at radius 2 is 0.955 bits per heavy atom. The highest BCUT2D eigenvalue weighted by Crippen LogP contribution is 2.23. The first-order valence-electron chi connectivity index (χ1n) is 13.2. The van der Waals surface area contributed by atoms with Gasteiger partial charge in [-0.15, -0.1) is 0 Å². The summed E-state index contributed by atoms with van der Waals surface area (Å²) < 4.78 is 10.3. The average Bonchev–Trinajstić information content (AvgIpc) is 3.00. The predicted octanol–water partition coefficient (Wildman–Crippen LogP) is 2.14. The first kappa shape index (κ1) is 35.8. The van der Waals surface area contributed by atoms with Crippen LogP contribution in [0.3, 0.4) is 0 Å². The number of carboxylic acids is 2. The van der Waals surface area contributed by atoms with Gasteiger partial charge in [-0.25, -0.2) is 9.59 Å². The van der Waals surface area contributed by atoms with Crippen LogP contribution >= 0.6 is 21.6 Å². The monoisotopic (exact) mass is 650 g/mol. The van der Waals surface area contributed by atoms with Crippen LogP contribution in [0.1, 0.15) is 25.0 Å². The second kappa shape index (κ2) is 19.0. The molecule has 6 N–H and O–H groups in total. The number of carbonyl (C=O) groups excluding carboxylic acids is 4. The molecule has 0 saturated carbocycles. The number of aliphatic carboxylic acids is 2. The van der Waals surface area contributed by atoms with Gasteiger partial charge in [-0.3, -0.25) is 19.2 Å². The summed E-state index contributed by atoms with van der Waals surface area (Å²) in [5.41, 5.74) is 1.42. The minimum atomic E-state index is -1.28. The van der Waals surface area contributed by atoms with Gasteiger partial charge in [0.15, 0.2) is 0 Å². The largest absolute Gasteiger partial charge is 0.480 e. The highest BCUT2D eigenvalue weighted by molar-refractivity contribution is 8.76. The number of amides is 4. The normalized spacial score (nSPS) is 13.2. The fourth-order valence-corrected chi connectivity index (χ4v) is 5.49. The van der Waals surface area contributed by atoms with Crippen LogP contribution in [0.4, 0.5) is 9.59 Å². The first-order chi connectivity index (χ1) is 21.0. The third-order valence-corrected chi connectivity index (χ3v) is 8.08. The van der Waals surface area contributed by atoms with E-state index in [-0.39, 0.29) is 24.7 Å². The highest BCUT2D eigenvalue weighted by Gasteiger charge is 2.27. The van der Waals surface area contributed by atoms with Crippen LogP contribution in [-0.2, 0) is 41.9 Å². The molecule has 0 fully saturated rings. The van der Waals surface area contributed by atoms with Crippen molar-refractivity contribution in [1.29, 1.82) is 0 Å². The molecule has 14 nitrogen and oxygen atoms in total. The molecule has 2 aromatic rings. The van der Waals surface area contributed by atoms with Crippen LogP contribution in [-0.4, -0.2) is 81.8 Å². The zero-order valence-corrected chi connectivity index (χ0v) is 25.5. The quantitative estimate of drug-likeness (QED) is 0.107. The Balaban J connectivity index is 2.00. The van der Waals surface area contributed by atoms with E-state index < -0.39 is 60.1 Å². The molecule has 4 atom stereocenters. The van der Waals surface area contributed by atoms with E-state index in [1.165, 1.54) is 13.8 Å². The standard InChI is InChI=1S/C28H34N4O10S2/c1-17(25(35)36)29-23(33)21(31-27(39)41-13-19-9-5-3-6-10-19)15-43-44-16-22(24(34)30-18(2)26(37)38)32-28(40)42-14-20-11-7-4-8-12-20/h3-12,17-18,21-22H,13-16H2,1-2H3,(H,29,33)(H,30,34)(H,31,39)(H,32,40)(H,35,36)(H,37,38)/t17?,18?,21-,22-/m0/s1. The molecule has 0 radical (unpaired) electrons. The van der Waals surface area contributed by atoms with Crippen LogP contribution in [0.5, 0.6) is 0 Å². The number of ether oxygens (including phenoxy) is 2. The van der Waals surface area contributed by atoms with E-state index in [2.05, 4.69) is 21.3 Å². The molecule has 0 aromatic heterocycles. The molecule has 2 aromatic carbocycles. The third-order valence-electron chi connectivity index (χ3n) is 5.65. The van der Waals surface area contributed by atoms with E-state index in [0.29, 0.717) is 11.1 Å². The maximum absolute atomic E-state index is 12.8. The van der Waals surface area contributed by atoms with Crippen LogP contribution in [0.15, 0.2) is 60.7 Å². The third kappa shape index (κ3) is 13.7. The number of alkyl carbamates (subject to hydrolysis) is 2. The highest BCUT2D eigenvalue weighted by atomic mass is 33.1. The number of hydrogen-bond acceptors (Lipinski definition) is 10. The van der Waals surface area contributed by atoms with E-state index in [1.54, 1.807) is 60.7 Å². The summed E-state index contributed by atoms with van der Waals surface area (Å²) in [6, 6.07) is 12.7. The van der Waals surface area contributed by atoms with Crippen molar-refractivity contribution in [1.82, 2.24) is 21.3 Å². The van der Waals surface area contributed by atoms with Gasteiger partial charge in [0.1, 0.15) is 37.4 Å². The van der Waals surface area contributed by atoms with Gasteiger partial charge in [-0.05, 0) is 25.0 Å². The topological polar surface area (TPSA) is 209 Å². The number of hydrogen-bond donors (Lipinski definition) is 6. The molecule has 0 aliphatic carbocycles. The van der Waals surface area contributed by atoms with Gasteiger partial charge in [0.05, 0.1) is 0 Å². The summed E-state index contributed by atoms with van der Waals surface area (Å²) in [6.45, 7) is 2.39. The van der Waals surface area contributed by atoms with Gasteiger partial charge < -0.3 is 41.0 Å². The van der Waals surface area contributed by atoms with Crippen molar-refractivity contribution < 1.29 is 48.5 Å². The average molecular weight is 651 g/mol. The number of carbonyl (C=O) groups is 6. The zero-order valence-electron chi connectivity index (χ0n) is 23.9. The second-order valence-electron chi connectivity index (χ2n) is 9.22. The molecule has 238 valence electrons. The molecule has 44 heavy (non-hydrogen) atoms. The van der Waals surface area contributed by atoms with E-state index in [4.69, 9.17) is 19.7 Å². The van der Waals surface area contributed by atoms with E-state index in [1.807, 2.05) is 0 Å². The summed E-state index contributed by atoms with van der Waals surface area (Å²) in [4.78, 5) is 72.8. The summed E-state index contributed by atoms with van der Waals surface area (Å²) in [7, 11) is 2.08. The Hall–Kier alpha value is -4.44. The Kier molecular flexibility index (Phi) is 15.4. The van der Waals surface area contributed by atoms with Crippen molar-refractivity contribution in [3.8, 4) is 0 Å². The maximum Gasteiger partial charge on any atom is 0.408 e. The molecule has 0 spiro atoms. The molecule has 2 rings (SSSR count). The van der Waals surface area contributed by atoms with Crippen molar-refractivity contribution in [2.24, 2.45) is 0 Å². The van der Waals surface area contributed by atoms with Gasteiger partial charge in [-0.1, -0.05) is 82.3 Å². The molecular formula is C28H34N4O10S2. The van der Waals surface area contributed by atoms with Crippen LogP contribution < -0.4 is 21.3 Å². The molecule has 0 saturated heterocycles. The Labute approximate surface area is 261 Å². The lowest BCUT2D eigenvalue weighted by atomic mass is 10.2. The molecule has 0 aliphatic heterocycles. The van der Waals surface area contributed by atoms with Crippen molar-refractivity contribution in [2.45, 2.75) is 51.2 Å². The fourth-order valence-electron chi connectivity index (χ4n) is 3.16. The Morgan fingerprint density at radius 1 is 0.614 bits per heavy atom. The Morgan fingerprint density at radius 3 is 1.27 bits per heavy atom. The molecular weight excluding hydrogens is 616 g/mol. The minimum absolute atomic E-state index is 0.0635. The summed E-state index contributed by atoms with van der Waals surface area (Å²) in [6.07, 6.45) is -1.82. The van der Waals surface area contributed by atoms with Gasteiger partial charge in [-0.2, -0.15) is 0 Å². The van der Waals surface area contributed by atoms with Gasteiger partial charge >= 0.3 is 24.1 Å². The van der Waals surface area contributed by atoms with Crippen LogP contribution in [0.2, 0.25) is 0 Å². The van der Waals surface area contributed by atoms with Gasteiger partial charge in [0, 0.05) is 11.5 Å². The lowest BCUT2D eigenvalue weighted by molar-refractivity contribution is -0.141. The van der Waals surface area contributed by atoms with E-state index in [9.17, 15) is 28.8 Å². The molecule has 0 heterocycles. The minimum Gasteiger partial charge on any atom is -0.480 e. The Bertz CT molecular complexity index is 1170. The second-order valence-corrected chi connectivity index (χ2v) is 11.8. The molecule has 16 heteroatoms. The van der Waals surface area contributed by atoms with Crippen LogP contribution in [0, 0.1) is 0 Å². The molecule has 0 aliphatic rings. The smallest absolute Gasteiger partial charge is 0.408 e. The van der Waals surface area contributed by atoms with Gasteiger partial charge in [0.2, 0.25) is 11.8 Å². The SMILES string of the molecule is CC(NC(=O)[C@H](CSSC[C@H](NC(=O)OCc1ccccc1)C(=O)NC(C)C(=O)O)NC(=O)OCc1ccccc1)C(=O)O. The fraction of sp³-hybridized carbons (Fsp3) is 0.357. The zero-order chi connectivity index (χ0) is 32.5. The van der Waals surface area contributed by atoms with E-state index >= 15 is 0 Å². The number of carboxylic acid groups (broad SMARTS) is 2. The van der Waals surface area contributed by atoms with Crippen molar-refractivity contribution in [3.05, 3.63) is 71.8 Å². The molecule has 4 amide bonds. The summed E-state index contributed by atoms with van der Waals surface area (Å²) in [5, 5.41) is 27.7. The van der Waals surface area contributed by atoms with Crippen LogP contribution in [0.25, 0.3) is 0 Å². The lowest BCUT2D eigenvalue weighted by Crippen LogP contribution is -2.52. The number of benzene rings is 2. The van der Waals surface area contributed by atoms with Crippen molar-refractivity contribution in [3.63, 3.8) is 0 Å². The number of nitrogens with one attached hydrogen (secondary N) is 4. The maximum atomic E-state index is 12.8. The molecule has 2 unspecified atom stereocenters.